The van der Waals surface area contributed by atoms with Crippen molar-refractivity contribution in [2.45, 2.75) is 26.3 Å². The Morgan fingerprint density at radius 2 is 1.92 bits per heavy atom. The van der Waals surface area contributed by atoms with E-state index in [2.05, 4.69) is 15.6 Å². The fourth-order valence-electron chi connectivity index (χ4n) is 1.54. The van der Waals surface area contributed by atoms with E-state index in [0.29, 0.717) is 6.54 Å². The minimum Gasteiger partial charge on any atom is -0.451 e. The molecule has 132 valence electrons. The quantitative estimate of drug-likeness (QED) is 0.689. The Morgan fingerprint density at radius 1 is 1.25 bits per heavy atom. The van der Waals surface area contributed by atoms with Crippen molar-refractivity contribution in [3.8, 4) is 0 Å². The number of halogens is 3. The van der Waals surface area contributed by atoms with E-state index in [1.165, 1.54) is 6.92 Å². The van der Waals surface area contributed by atoms with Crippen molar-refractivity contribution < 1.29 is 19.1 Å². The van der Waals surface area contributed by atoms with E-state index in [4.69, 9.17) is 39.5 Å². The molecule has 1 atom stereocenters. The molecule has 0 saturated carbocycles. The third-order valence-electron chi connectivity index (χ3n) is 2.77. The van der Waals surface area contributed by atoms with E-state index in [9.17, 15) is 14.4 Å². The molecular formula is C14H16Cl3N3O4. The van der Waals surface area contributed by atoms with Crippen LogP contribution in [0.4, 0.5) is 0 Å². The Kier molecular flexibility index (Phi) is 8.24. The molecule has 0 bridgehead atoms. The van der Waals surface area contributed by atoms with Gasteiger partial charge in [0.25, 0.3) is 5.91 Å². The Hall–Kier alpha value is -1.57. The Labute approximate surface area is 154 Å². The molecule has 0 fully saturated rings. The first-order chi connectivity index (χ1) is 11.3. The van der Waals surface area contributed by atoms with Gasteiger partial charge >= 0.3 is 5.97 Å². The number of aromatic nitrogens is 1. The van der Waals surface area contributed by atoms with Crippen LogP contribution in [0.25, 0.3) is 0 Å². The summed E-state index contributed by atoms with van der Waals surface area (Å²) in [4.78, 5) is 38.9. The zero-order valence-electron chi connectivity index (χ0n) is 13.0. The molecule has 24 heavy (non-hydrogen) atoms. The summed E-state index contributed by atoms with van der Waals surface area (Å²) in [6, 6.07) is -0.755. The molecule has 0 aliphatic rings. The number of esters is 1. The molecule has 0 saturated heterocycles. The van der Waals surface area contributed by atoms with Crippen LogP contribution in [0, 0.1) is 0 Å². The summed E-state index contributed by atoms with van der Waals surface area (Å²) in [7, 11) is 0. The van der Waals surface area contributed by atoms with Gasteiger partial charge in [-0.05, 0) is 13.3 Å². The van der Waals surface area contributed by atoms with Crippen molar-refractivity contribution in [3.63, 3.8) is 0 Å². The maximum Gasteiger partial charge on any atom is 0.359 e. The lowest BCUT2D eigenvalue weighted by Crippen LogP contribution is -2.46. The lowest BCUT2D eigenvalue weighted by atomic mass is 10.3. The molecule has 0 aliphatic carbocycles. The number of carbonyl (C=O) groups is 3. The van der Waals surface area contributed by atoms with E-state index in [1.54, 1.807) is 0 Å². The van der Waals surface area contributed by atoms with Crippen molar-refractivity contribution in [1.29, 1.82) is 0 Å². The van der Waals surface area contributed by atoms with E-state index >= 15 is 0 Å². The van der Waals surface area contributed by atoms with Crippen molar-refractivity contribution in [1.82, 2.24) is 15.6 Å². The van der Waals surface area contributed by atoms with Crippen molar-refractivity contribution in [2.75, 3.05) is 13.2 Å². The van der Waals surface area contributed by atoms with Crippen LogP contribution < -0.4 is 10.6 Å². The number of amides is 2. The van der Waals surface area contributed by atoms with E-state index in [1.807, 2.05) is 6.92 Å². The number of ether oxygens (including phenoxy) is 1. The summed E-state index contributed by atoms with van der Waals surface area (Å²) in [5, 5.41) is 4.92. The second-order valence-electron chi connectivity index (χ2n) is 4.74. The average Bonchev–Trinajstić information content (AvgIpc) is 2.55. The zero-order chi connectivity index (χ0) is 18.3. The van der Waals surface area contributed by atoms with Gasteiger partial charge in [0.1, 0.15) is 6.04 Å². The smallest absolute Gasteiger partial charge is 0.359 e. The van der Waals surface area contributed by atoms with Gasteiger partial charge in [0, 0.05) is 12.7 Å². The van der Waals surface area contributed by atoms with E-state index < -0.39 is 24.5 Å². The third-order valence-corrected chi connectivity index (χ3v) is 4.01. The molecule has 0 unspecified atom stereocenters. The molecule has 0 spiro atoms. The van der Waals surface area contributed by atoms with E-state index in [0.717, 1.165) is 12.6 Å². The molecule has 2 N–H and O–H groups in total. The Bertz CT molecular complexity index is 640. The molecule has 2 amide bonds. The molecule has 0 radical (unpaired) electrons. The minimum atomic E-state index is -0.934. The highest BCUT2D eigenvalue weighted by molar-refractivity contribution is 6.48. The fourth-order valence-corrected chi connectivity index (χ4v) is 2.09. The summed E-state index contributed by atoms with van der Waals surface area (Å²) >= 11 is 17.4. The van der Waals surface area contributed by atoms with Crippen LogP contribution in [0.15, 0.2) is 6.20 Å². The maximum absolute atomic E-state index is 11.9. The summed E-state index contributed by atoms with van der Waals surface area (Å²) < 4.78 is 4.80. The molecule has 1 heterocycles. The van der Waals surface area contributed by atoms with E-state index in [-0.39, 0.29) is 26.7 Å². The maximum atomic E-state index is 11.9. The zero-order valence-corrected chi connectivity index (χ0v) is 15.3. The van der Waals surface area contributed by atoms with Gasteiger partial charge in [-0.15, -0.1) is 0 Å². The fraction of sp³-hybridized carbons (Fsp3) is 0.429. The topological polar surface area (TPSA) is 97.4 Å². The highest BCUT2D eigenvalue weighted by Crippen LogP contribution is 2.31. The number of rotatable bonds is 7. The minimum absolute atomic E-state index is 0.0362. The Balaban J connectivity index is 2.54. The van der Waals surface area contributed by atoms with Crippen LogP contribution in [-0.4, -0.2) is 42.0 Å². The Morgan fingerprint density at radius 3 is 2.54 bits per heavy atom. The normalized spacial score (nSPS) is 11.5. The molecule has 1 aromatic rings. The predicted molar refractivity (Wildman–Crippen MR) is 90.5 cm³/mol. The first kappa shape index (κ1) is 20.5. The number of hydrogen-bond acceptors (Lipinski definition) is 5. The summed E-state index contributed by atoms with van der Waals surface area (Å²) in [6.45, 7) is 3.34. The van der Waals surface area contributed by atoms with Gasteiger partial charge < -0.3 is 15.4 Å². The monoisotopic (exact) mass is 395 g/mol. The molecule has 7 nitrogen and oxygen atoms in total. The van der Waals surface area contributed by atoms with Crippen LogP contribution in [0.2, 0.25) is 15.1 Å². The van der Waals surface area contributed by atoms with Crippen LogP contribution in [0.3, 0.4) is 0 Å². The first-order valence-corrected chi connectivity index (χ1v) is 8.15. The highest BCUT2D eigenvalue weighted by Gasteiger charge is 2.20. The molecule has 0 aromatic carbocycles. The van der Waals surface area contributed by atoms with Gasteiger partial charge in [0.05, 0.1) is 15.1 Å². The lowest BCUT2D eigenvalue weighted by molar-refractivity contribution is -0.130. The standard InChI is InChI=1S/C14H16Cl3N3O4/c1-3-4-18-13(22)7(2)20-9(21)6-24-14(23)12-11(17)10(16)8(15)5-19-12/h5,7H,3-4,6H2,1-2H3,(H,18,22)(H,20,21)/t7-/m1/s1. The van der Waals surface area contributed by atoms with Crippen LogP contribution in [0.5, 0.6) is 0 Å². The van der Waals surface area contributed by atoms with Crippen molar-refractivity contribution >= 4 is 52.6 Å². The van der Waals surface area contributed by atoms with Gasteiger partial charge in [0.15, 0.2) is 12.3 Å². The van der Waals surface area contributed by atoms with Crippen molar-refractivity contribution in [3.05, 3.63) is 27.0 Å². The molecular weight excluding hydrogens is 381 g/mol. The summed E-state index contributed by atoms with van der Waals surface area (Å²) in [5.41, 5.74) is -0.257. The number of hydrogen-bond donors (Lipinski definition) is 2. The van der Waals surface area contributed by atoms with Gasteiger partial charge in [-0.3, -0.25) is 9.59 Å². The van der Waals surface area contributed by atoms with Crippen LogP contribution in [0.1, 0.15) is 30.8 Å². The van der Waals surface area contributed by atoms with Crippen LogP contribution in [-0.2, 0) is 14.3 Å². The first-order valence-electron chi connectivity index (χ1n) is 7.01. The van der Waals surface area contributed by atoms with Gasteiger partial charge in [-0.25, -0.2) is 9.78 Å². The highest BCUT2D eigenvalue weighted by atomic mass is 35.5. The molecule has 1 rings (SSSR count). The lowest BCUT2D eigenvalue weighted by Gasteiger charge is -2.14. The van der Waals surface area contributed by atoms with Crippen molar-refractivity contribution in [2.24, 2.45) is 0 Å². The predicted octanol–water partition coefficient (Wildman–Crippen LogP) is 2.23. The molecule has 0 aliphatic heterocycles. The van der Waals surface area contributed by atoms with Gasteiger partial charge in [0.2, 0.25) is 5.91 Å². The number of nitrogens with one attached hydrogen (secondary N) is 2. The SMILES string of the molecule is CCCNC(=O)[C@@H](C)NC(=O)COC(=O)c1ncc(Cl)c(Cl)c1Cl. The largest absolute Gasteiger partial charge is 0.451 e. The second-order valence-corrected chi connectivity index (χ2v) is 5.90. The number of pyridine rings is 1. The number of nitrogens with zero attached hydrogens (tertiary/aromatic N) is 1. The number of carbonyl (C=O) groups excluding carboxylic acids is 3. The molecule has 1 aromatic heterocycles. The molecule has 10 heteroatoms. The summed E-state index contributed by atoms with van der Waals surface area (Å²) in [6.07, 6.45) is 1.92. The van der Waals surface area contributed by atoms with Gasteiger partial charge in [-0.1, -0.05) is 41.7 Å². The third kappa shape index (κ3) is 5.81. The second kappa shape index (κ2) is 9.66. The average molecular weight is 397 g/mol. The van der Waals surface area contributed by atoms with Gasteiger partial charge in [-0.2, -0.15) is 0 Å². The summed E-state index contributed by atoms with van der Waals surface area (Å²) in [5.74, 6) is -1.90. The van der Waals surface area contributed by atoms with Crippen LogP contribution >= 0.6 is 34.8 Å².